The summed E-state index contributed by atoms with van der Waals surface area (Å²) < 4.78 is 5.38. The fraction of sp³-hybridized carbons (Fsp3) is 0.500. The fourth-order valence-corrected chi connectivity index (χ4v) is 2.31. The van der Waals surface area contributed by atoms with E-state index in [4.69, 9.17) is 10.5 Å². The molecule has 1 unspecified atom stereocenters. The number of hydrogen-bond acceptors (Lipinski definition) is 3. The molecule has 0 spiro atoms. The summed E-state index contributed by atoms with van der Waals surface area (Å²) in [4.78, 5) is 2.37. The number of benzene rings is 1. The Balaban J connectivity index is 2.34. The topological polar surface area (TPSA) is 38.5 Å². The van der Waals surface area contributed by atoms with Crippen LogP contribution in [0.3, 0.4) is 0 Å². The average Bonchev–Trinajstić information content (AvgIpc) is 2.64. The van der Waals surface area contributed by atoms with Crippen LogP contribution in [-0.2, 0) is 0 Å². The van der Waals surface area contributed by atoms with Gasteiger partial charge in [0.1, 0.15) is 5.75 Å². The van der Waals surface area contributed by atoms with E-state index in [1.807, 2.05) is 12.1 Å². The van der Waals surface area contributed by atoms with Gasteiger partial charge in [0.15, 0.2) is 0 Å². The van der Waals surface area contributed by atoms with Gasteiger partial charge >= 0.3 is 0 Å². The van der Waals surface area contributed by atoms with Crippen molar-refractivity contribution in [1.29, 1.82) is 0 Å². The van der Waals surface area contributed by atoms with Crippen molar-refractivity contribution >= 4 is 5.69 Å². The maximum Gasteiger partial charge on any atom is 0.125 e. The largest absolute Gasteiger partial charge is 0.496 e. The predicted molar refractivity (Wildman–Crippen MR) is 62.0 cm³/mol. The number of hydrogen-bond donors (Lipinski definition) is 1. The van der Waals surface area contributed by atoms with Crippen molar-refractivity contribution in [3.8, 4) is 5.75 Å². The molecule has 15 heavy (non-hydrogen) atoms. The summed E-state index contributed by atoms with van der Waals surface area (Å²) in [6.45, 7) is 1.16. The lowest BCUT2D eigenvalue weighted by molar-refractivity contribution is 0.305. The number of ether oxygens (including phenoxy) is 1. The number of anilines is 1. The molecule has 0 aliphatic carbocycles. The molecule has 82 valence electrons. The van der Waals surface area contributed by atoms with Gasteiger partial charge in [0.25, 0.3) is 0 Å². The van der Waals surface area contributed by atoms with Gasteiger partial charge in [-0.1, -0.05) is 6.07 Å². The van der Waals surface area contributed by atoms with Gasteiger partial charge < -0.3 is 10.5 Å². The molecule has 0 aromatic heterocycles. The highest BCUT2D eigenvalue weighted by Gasteiger charge is 2.25. The van der Waals surface area contributed by atoms with Crippen molar-refractivity contribution in [1.82, 2.24) is 4.90 Å². The average molecular weight is 206 g/mol. The smallest absolute Gasteiger partial charge is 0.125 e. The predicted octanol–water partition coefficient (Wildman–Crippen LogP) is 2.04. The van der Waals surface area contributed by atoms with Gasteiger partial charge in [-0.05, 0) is 32.5 Å². The van der Waals surface area contributed by atoms with Crippen LogP contribution in [0.25, 0.3) is 0 Å². The van der Waals surface area contributed by atoms with Crippen LogP contribution in [0.4, 0.5) is 5.69 Å². The Bertz CT molecular complexity index is 351. The second-order valence-electron chi connectivity index (χ2n) is 4.14. The van der Waals surface area contributed by atoms with Crippen LogP contribution in [0.5, 0.6) is 5.75 Å². The number of rotatable bonds is 2. The molecule has 1 aromatic carbocycles. The molecular formula is C12H18N2O. The molecule has 0 radical (unpaired) electrons. The third kappa shape index (κ3) is 1.92. The van der Waals surface area contributed by atoms with E-state index >= 15 is 0 Å². The van der Waals surface area contributed by atoms with Gasteiger partial charge in [-0.15, -0.1) is 0 Å². The lowest BCUT2D eigenvalue weighted by Gasteiger charge is -2.22. The number of likely N-dealkylation sites (tertiary alicyclic amines) is 1. The second-order valence-corrected chi connectivity index (χ2v) is 4.14. The molecule has 2 N–H and O–H groups in total. The van der Waals surface area contributed by atoms with Crippen LogP contribution in [0.2, 0.25) is 0 Å². The first kappa shape index (κ1) is 10.3. The number of methoxy groups -OCH3 is 1. The van der Waals surface area contributed by atoms with E-state index in [2.05, 4.69) is 18.0 Å². The molecule has 1 aliphatic heterocycles. The molecule has 0 bridgehead atoms. The first-order valence-corrected chi connectivity index (χ1v) is 5.36. The molecule has 1 aromatic rings. The third-order valence-electron chi connectivity index (χ3n) is 3.14. The standard InChI is InChI=1S/C12H18N2O/c1-14-7-3-4-11(14)10-6-5-9(13)8-12(10)15-2/h5-6,8,11H,3-4,7,13H2,1-2H3. The van der Waals surface area contributed by atoms with Gasteiger partial charge in [-0.25, -0.2) is 0 Å². The van der Waals surface area contributed by atoms with E-state index in [1.165, 1.54) is 18.4 Å². The molecule has 0 saturated carbocycles. The summed E-state index contributed by atoms with van der Waals surface area (Å²) in [5.41, 5.74) is 7.76. The first-order chi connectivity index (χ1) is 7.22. The van der Waals surface area contributed by atoms with Crippen molar-refractivity contribution in [2.45, 2.75) is 18.9 Å². The molecule has 2 rings (SSSR count). The van der Waals surface area contributed by atoms with Crippen molar-refractivity contribution in [3.63, 3.8) is 0 Å². The lowest BCUT2D eigenvalue weighted by atomic mass is 10.0. The van der Waals surface area contributed by atoms with Gasteiger partial charge in [0.05, 0.1) is 7.11 Å². The van der Waals surface area contributed by atoms with Gasteiger partial charge in [0, 0.05) is 23.4 Å². The Morgan fingerprint density at radius 3 is 2.87 bits per heavy atom. The maximum atomic E-state index is 5.74. The minimum atomic E-state index is 0.487. The fourth-order valence-electron chi connectivity index (χ4n) is 2.31. The van der Waals surface area contributed by atoms with Crippen LogP contribution < -0.4 is 10.5 Å². The number of nitrogens with zero attached hydrogens (tertiary/aromatic N) is 1. The molecule has 1 heterocycles. The summed E-state index contributed by atoms with van der Waals surface area (Å²) in [6.07, 6.45) is 2.46. The normalized spacial score (nSPS) is 21.9. The van der Waals surface area contributed by atoms with E-state index in [-0.39, 0.29) is 0 Å². The van der Waals surface area contributed by atoms with Crippen LogP contribution in [0.15, 0.2) is 18.2 Å². The lowest BCUT2D eigenvalue weighted by Crippen LogP contribution is -2.18. The Kier molecular flexibility index (Phi) is 2.82. The van der Waals surface area contributed by atoms with E-state index in [1.54, 1.807) is 7.11 Å². The highest BCUT2D eigenvalue weighted by molar-refractivity contribution is 5.49. The zero-order valence-corrected chi connectivity index (χ0v) is 9.36. The quantitative estimate of drug-likeness (QED) is 0.753. The molecule has 0 amide bonds. The summed E-state index contributed by atoms with van der Waals surface area (Å²) in [5, 5.41) is 0. The van der Waals surface area contributed by atoms with Crippen molar-refractivity contribution in [2.24, 2.45) is 0 Å². The Hall–Kier alpha value is -1.22. The van der Waals surface area contributed by atoms with Crippen LogP contribution in [0, 0.1) is 0 Å². The van der Waals surface area contributed by atoms with Crippen molar-refractivity contribution in [3.05, 3.63) is 23.8 Å². The number of nitrogen functional groups attached to an aromatic ring is 1. The van der Waals surface area contributed by atoms with E-state index in [0.717, 1.165) is 18.0 Å². The molecule has 1 saturated heterocycles. The van der Waals surface area contributed by atoms with E-state index in [9.17, 15) is 0 Å². The highest BCUT2D eigenvalue weighted by Crippen LogP contribution is 2.36. The molecule has 3 nitrogen and oxygen atoms in total. The van der Waals surface area contributed by atoms with Crippen LogP contribution in [-0.4, -0.2) is 25.6 Å². The zero-order chi connectivity index (χ0) is 10.8. The summed E-state index contributed by atoms with van der Waals surface area (Å²) in [6, 6.07) is 6.42. The molecule has 1 atom stereocenters. The SMILES string of the molecule is COc1cc(N)ccc1C1CCCN1C. The maximum absolute atomic E-state index is 5.74. The first-order valence-electron chi connectivity index (χ1n) is 5.36. The zero-order valence-electron chi connectivity index (χ0n) is 9.36. The van der Waals surface area contributed by atoms with Gasteiger partial charge in [-0.3, -0.25) is 4.90 Å². The van der Waals surface area contributed by atoms with Crippen molar-refractivity contribution < 1.29 is 4.74 Å². The summed E-state index contributed by atoms with van der Waals surface area (Å²) >= 11 is 0. The second kappa shape index (κ2) is 4.11. The molecule has 3 heteroatoms. The Labute approximate surface area is 90.8 Å². The summed E-state index contributed by atoms with van der Waals surface area (Å²) in [7, 11) is 3.86. The van der Waals surface area contributed by atoms with E-state index in [0.29, 0.717) is 6.04 Å². The van der Waals surface area contributed by atoms with Gasteiger partial charge in [-0.2, -0.15) is 0 Å². The highest BCUT2D eigenvalue weighted by atomic mass is 16.5. The monoisotopic (exact) mass is 206 g/mol. The third-order valence-corrected chi connectivity index (χ3v) is 3.14. The minimum Gasteiger partial charge on any atom is -0.496 e. The van der Waals surface area contributed by atoms with Gasteiger partial charge in [0.2, 0.25) is 0 Å². The van der Waals surface area contributed by atoms with Crippen LogP contribution >= 0.6 is 0 Å². The Morgan fingerprint density at radius 1 is 1.47 bits per heavy atom. The number of nitrogens with two attached hydrogens (primary N) is 1. The summed E-state index contributed by atoms with van der Waals surface area (Å²) in [5.74, 6) is 0.911. The minimum absolute atomic E-state index is 0.487. The van der Waals surface area contributed by atoms with Crippen LogP contribution in [0.1, 0.15) is 24.4 Å². The Morgan fingerprint density at radius 2 is 2.27 bits per heavy atom. The van der Waals surface area contributed by atoms with Crippen molar-refractivity contribution in [2.75, 3.05) is 26.4 Å². The van der Waals surface area contributed by atoms with E-state index < -0.39 is 0 Å². The molecular weight excluding hydrogens is 188 g/mol. The molecule has 1 aliphatic rings. The molecule has 1 fully saturated rings.